The molecule has 0 radical (unpaired) electrons. The molecule has 3 aromatic rings. The summed E-state index contributed by atoms with van der Waals surface area (Å²) in [5.41, 5.74) is 6.99. The Morgan fingerprint density at radius 2 is 1.81 bits per heavy atom. The fourth-order valence-electron chi connectivity index (χ4n) is 3.99. The molecule has 0 spiro atoms. The summed E-state index contributed by atoms with van der Waals surface area (Å²) in [6.45, 7) is 3.06. The number of anilines is 1. The fraction of sp³-hybridized carbons (Fsp3) is 0.304. The van der Waals surface area contributed by atoms with Crippen LogP contribution in [0.25, 0.3) is 10.9 Å². The molecule has 1 aliphatic heterocycles. The maximum absolute atomic E-state index is 13.7. The number of primary amides is 1. The summed E-state index contributed by atoms with van der Waals surface area (Å²) in [6, 6.07) is 11.2. The fourth-order valence-corrected chi connectivity index (χ4v) is 5.42. The number of fused-ring (bicyclic) bond motifs is 1. The molecule has 2 aromatic carbocycles. The Hall–Kier alpha value is -3.17. The topological polar surface area (TPSA) is 106 Å². The Bertz CT molecular complexity index is 1260. The van der Waals surface area contributed by atoms with Gasteiger partial charge in [0.1, 0.15) is 10.6 Å². The summed E-state index contributed by atoms with van der Waals surface area (Å²) in [5.74, 6) is -0.000621. The second-order valence-electron chi connectivity index (χ2n) is 7.89. The van der Waals surface area contributed by atoms with Crippen molar-refractivity contribution < 1.29 is 17.9 Å². The van der Waals surface area contributed by atoms with Crippen molar-refractivity contribution in [2.24, 2.45) is 5.73 Å². The monoisotopic (exact) mass is 454 g/mol. The first-order chi connectivity index (χ1) is 15.3. The Balaban J connectivity index is 1.95. The van der Waals surface area contributed by atoms with E-state index in [-0.39, 0.29) is 9.79 Å². The molecule has 4 rings (SSSR count). The molecule has 0 atom stereocenters. The zero-order valence-electron chi connectivity index (χ0n) is 18.1. The average Bonchev–Trinajstić information content (AvgIpc) is 3.02. The normalized spacial score (nSPS) is 15.5. The number of methoxy groups -OCH3 is 1. The number of amides is 1. The first kappa shape index (κ1) is 22.0. The number of rotatable bonds is 5. The third kappa shape index (κ3) is 4.13. The van der Waals surface area contributed by atoms with Crippen LogP contribution >= 0.6 is 0 Å². The maximum atomic E-state index is 13.7. The third-order valence-corrected chi connectivity index (χ3v) is 7.56. The van der Waals surface area contributed by atoms with Gasteiger partial charge in [0.05, 0.1) is 23.2 Å². The predicted molar refractivity (Wildman–Crippen MR) is 123 cm³/mol. The van der Waals surface area contributed by atoms with Crippen LogP contribution < -0.4 is 15.4 Å². The highest BCUT2D eigenvalue weighted by Crippen LogP contribution is 2.37. The zero-order valence-corrected chi connectivity index (χ0v) is 18.9. The number of ether oxygens (including phenoxy) is 1. The second kappa shape index (κ2) is 8.76. The largest absolute Gasteiger partial charge is 0.497 e. The van der Waals surface area contributed by atoms with E-state index in [0.29, 0.717) is 41.0 Å². The van der Waals surface area contributed by atoms with E-state index in [0.717, 1.165) is 19.5 Å². The quantitative estimate of drug-likeness (QED) is 0.631. The Morgan fingerprint density at radius 1 is 1.06 bits per heavy atom. The molecular weight excluding hydrogens is 428 g/mol. The molecule has 2 heterocycles. The number of carbonyl (C=O) groups excluding carboxylic acids is 1. The lowest BCUT2D eigenvalue weighted by atomic mass is 10.1. The smallest absolute Gasteiger partial charge is 0.248 e. The van der Waals surface area contributed by atoms with Crippen molar-refractivity contribution in [3.05, 3.63) is 54.2 Å². The van der Waals surface area contributed by atoms with Crippen LogP contribution in [0.5, 0.6) is 5.75 Å². The van der Waals surface area contributed by atoms with Gasteiger partial charge in [-0.2, -0.15) is 0 Å². The number of sulfone groups is 1. The summed E-state index contributed by atoms with van der Waals surface area (Å²) in [5, 5.41) is 0.598. The Kier molecular flexibility index (Phi) is 6.03. The molecule has 32 heavy (non-hydrogen) atoms. The van der Waals surface area contributed by atoms with Crippen LogP contribution in [0.3, 0.4) is 0 Å². The number of hydrogen-bond acceptors (Lipinski definition) is 7. The van der Waals surface area contributed by atoms with E-state index in [2.05, 4.69) is 14.8 Å². The molecule has 0 aliphatic carbocycles. The van der Waals surface area contributed by atoms with Crippen LogP contribution in [0.4, 0.5) is 5.69 Å². The van der Waals surface area contributed by atoms with Crippen molar-refractivity contribution in [2.75, 3.05) is 45.2 Å². The minimum absolute atomic E-state index is 0.112. The van der Waals surface area contributed by atoms with Crippen molar-refractivity contribution in [2.45, 2.75) is 16.2 Å². The summed E-state index contributed by atoms with van der Waals surface area (Å²) < 4.78 is 32.6. The number of carbonyl (C=O) groups is 1. The van der Waals surface area contributed by atoms with Gasteiger partial charge in [0, 0.05) is 36.8 Å². The number of benzene rings is 2. The number of hydrogen-bond donors (Lipinski definition) is 1. The molecule has 1 amide bonds. The van der Waals surface area contributed by atoms with E-state index in [4.69, 9.17) is 10.5 Å². The van der Waals surface area contributed by atoms with E-state index < -0.39 is 15.7 Å². The van der Waals surface area contributed by atoms with Crippen LogP contribution in [0.2, 0.25) is 0 Å². The Labute approximate surface area is 187 Å². The van der Waals surface area contributed by atoms with Crippen molar-refractivity contribution in [3.8, 4) is 5.75 Å². The molecule has 2 N–H and O–H groups in total. The molecule has 0 saturated carbocycles. The van der Waals surface area contributed by atoms with E-state index in [1.54, 1.807) is 30.3 Å². The van der Waals surface area contributed by atoms with Gasteiger partial charge in [-0.25, -0.2) is 8.42 Å². The van der Waals surface area contributed by atoms with Gasteiger partial charge in [-0.05, 0) is 62.5 Å². The van der Waals surface area contributed by atoms with Crippen LogP contribution in [-0.2, 0) is 9.84 Å². The molecule has 9 heteroatoms. The standard InChI is InChI=1S/C23H26N4O4S/c1-26-10-3-11-27(13-12-26)22-19-14-16(23(24)28)4-9-20(19)25-15-21(22)32(29,30)18-7-5-17(31-2)6-8-18/h4-9,14-15H,3,10-13H2,1-2H3,(H2,24,28). The SMILES string of the molecule is COc1ccc(S(=O)(=O)c2cnc3ccc(C(N)=O)cc3c2N2CCCN(C)CC2)cc1. The molecule has 0 unspecified atom stereocenters. The third-order valence-electron chi connectivity index (χ3n) is 5.79. The maximum Gasteiger partial charge on any atom is 0.248 e. The minimum Gasteiger partial charge on any atom is -0.497 e. The van der Waals surface area contributed by atoms with E-state index in [9.17, 15) is 13.2 Å². The highest BCUT2D eigenvalue weighted by atomic mass is 32.2. The Morgan fingerprint density at radius 3 is 2.50 bits per heavy atom. The highest BCUT2D eigenvalue weighted by molar-refractivity contribution is 7.91. The lowest BCUT2D eigenvalue weighted by molar-refractivity contribution is 0.100. The zero-order chi connectivity index (χ0) is 22.9. The molecule has 1 aromatic heterocycles. The minimum atomic E-state index is -3.88. The molecule has 1 saturated heterocycles. The summed E-state index contributed by atoms with van der Waals surface area (Å²) in [4.78, 5) is 20.8. The molecular formula is C23H26N4O4S. The predicted octanol–water partition coefficient (Wildman–Crippen LogP) is 2.32. The molecule has 1 aliphatic rings. The number of likely N-dealkylation sites (N-methyl/N-ethyl adjacent to an activating group) is 1. The molecule has 168 valence electrons. The number of nitrogens with two attached hydrogens (primary N) is 1. The lowest BCUT2D eigenvalue weighted by Gasteiger charge is -2.27. The lowest BCUT2D eigenvalue weighted by Crippen LogP contribution is -2.30. The number of nitrogens with zero attached hydrogens (tertiary/aromatic N) is 3. The summed E-state index contributed by atoms with van der Waals surface area (Å²) >= 11 is 0. The molecule has 0 bridgehead atoms. The van der Waals surface area contributed by atoms with Gasteiger partial charge in [0.15, 0.2) is 0 Å². The van der Waals surface area contributed by atoms with Gasteiger partial charge in [-0.3, -0.25) is 9.78 Å². The van der Waals surface area contributed by atoms with Crippen molar-refractivity contribution >= 4 is 32.3 Å². The van der Waals surface area contributed by atoms with Crippen LogP contribution in [0, 0.1) is 0 Å². The second-order valence-corrected chi connectivity index (χ2v) is 9.81. The van der Waals surface area contributed by atoms with E-state index >= 15 is 0 Å². The average molecular weight is 455 g/mol. The summed E-state index contributed by atoms with van der Waals surface area (Å²) in [7, 11) is -0.304. The highest BCUT2D eigenvalue weighted by Gasteiger charge is 2.28. The van der Waals surface area contributed by atoms with E-state index in [1.165, 1.54) is 25.4 Å². The molecule has 1 fully saturated rings. The van der Waals surface area contributed by atoms with Gasteiger partial charge in [-0.15, -0.1) is 0 Å². The first-order valence-electron chi connectivity index (χ1n) is 10.4. The van der Waals surface area contributed by atoms with Crippen molar-refractivity contribution in [1.29, 1.82) is 0 Å². The first-order valence-corrected chi connectivity index (χ1v) is 11.8. The summed E-state index contributed by atoms with van der Waals surface area (Å²) in [6.07, 6.45) is 2.30. The molecule has 8 nitrogen and oxygen atoms in total. The van der Waals surface area contributed by atoms with Crippen molar-refractivity contribution in [3.63, 3.8) is 0 Å². The van der Waals surface area contributed by atoms with Gasteiger partial charge < -0.3 is 20.3 Å². The van der Waals surface area contributed by atoms with Crippen LogP contribution in [0.15, 0.2) is 58.5 Å². The van der Waals surface area contributed by atoms with E-state index in [1.807, 2.05) is 7.05 Å². The van der Waals surface area contributed by atoms with Crippen LogP contribution in [0.1, 0.15) is 16.8 Å². The van der Waals surface area contributed by atoms with Gasteiger partial charge in [0.2, 0.25) is 15.7 Å². The van der Waals surface area contributed by atoms with Gasteiger partial charge >= 0.3 is 0 Å². The van der Waals surface area contributed by atoms with Crippen LogP contribution in [-0.4, -0.2) is 64.5 Å². The van der Waals surface area contributed by atoms with Gasteiger partial charge in [0.25, 0.3) is 0 Å². The van der Waals surface area contributed by atoms with Crippen molar-refractivity contribution in [1.82, 2.24) is 9.88 Å². The number of pyridine rings is 1. The van der Waals surface area contributed by atoms with Gasteiger partial charge in [-0.1, -0.05) is 0 Å². The number of aromatic nitrogens is 1.